The van der Waals surface area contributed by atoms with E-state index in [1.165, 1.54) is 17.7 Å². The maximum absolute atomic E-state index is 13.0. The first-order valence-corrected chi connectivity index (χ1v) is 9.82. The molecule has 0 saturated heterocycles. The molecule has 3 aromatic rings. The van der Waals surface area contributed by atoms with E-state index < -0.39 is 0 Å². The van der Waals surface area contributed by atoms with Gasteiger partial charge in [-0.1, -0.05) is 42.5 Å². The Kier molecular flexibility index (Phi) is 6.95. The van der Waals surface area contributed by atoms with Crippen molar-refractivity contribution in [2.45, 2.75) is 32.9 Å². The van der Waals surface area contributed by atoms with Gasteiger partial charge in [-0.25, -0.2) is 4.39 Å². The molecule has 1 N–H and O–H groups in total. The molecule has 4 nitrogen and oxygen atoms in total. The lowest BCUT2D eigenvalue weighted by atomic mass is 10.1. The van der Waals surface area contributed by atoms with E-state index in [0.717, 1.165) is 17.8 Å². The normalized spacial score (nSPS) is 10.8. The third-order valence-corrected chi connectivity index (χ3v) is 4.74. The highest BCUT2D eigenvalue weighted by Gasteiger charge is 2.14. The molecule has 1 amide bonds. The molecule has 1 aromatic heterocycles. The summed E-state index contributed by atoms with van der Waals surface area (Å²) in [5, 5.41) is 2.89. The molecule has 0 bridgehead atoms. The van der Waals surface area contributed by atoms with Crippen molar-refractivity contribution in [1.82, 2.24) is 10.3 Å². The van der Waals surface area contributed by atoms with E-state index in [1.807, 2.05) is 30.3 Å². The van der Waals surface area contributed by atoms with Crippen LogP contribution in [0.2, 0.25) is 0 Å². The molecule has 0 unspecified atom stereocenters. The summed E-state index contributed by atoms with van der Waals surface area (Å²) in [5.74, 6) is -0.471. The minimum Gasteiger partial charge on any atom is -0.365 e. The molecular weight excluding hydrogens is 365 g/mol. The maximum Gasteiger partial charge on any atom is 0.269 e. The molecule has 1 heterocycles. The number of hydrogen-bond acceptors (Lipinski definition) is 3. The van der Waals surface area contributed by atoms with E-state index >= 15 is 0 Å². The lowest BCUT2D eigenvalue weighted by Crippen LogP contribution is -2.31. The number of hydrogen-bond donors (Lipinski definition) is 1. The molecule has 3 rings (SSSR count). The zero-order valence-electron chi connectivity index (χ0n) is 16.8. The van der Waals surface area contributed by atoms with Gasteiger partial charge in [0.15, 0.2) is 0 Å². The Morgan fingerprint density at radius 1 is 1.03 bits per heavy atom. The highest BCUT2D eigenvalue weighted by atomic mass is 19.1. The summed E-state index contributed by atoms with van der Waals surface area (Å²) in [6.45, 7) is 5.49. The highest BCUT2D eigenvalue weighted by molar-refractivity contribution is 5.93. The van der Waals surface area contributed by atoms with Crippen LogP contribution >= 0.6 is 0 Å². The van der Waals surface area contributed by atoms with Crippen LogP contribution < -0.4 is 10.2 Å². The van der Waals surface area contributed by atoms with E-state index in [2.05, 4.69) is 41.2 Å². The van der Waals surface area contributed by atoms with E-state index in [1.54, 1.807) is 18.3 Å². The van der Waals surface area contributed by atoms with Crippen LogP contribution in [0.25, 0.3) is 0 Å². The van der Waals surface area contributed by atoms with Crippen LogP contribution in [0.4, 0.5) is 10.1 Å². The van der Waals surface area contributed by atoms with Crippen molar-refractivity contribution >= 4 is 11.6 Å². The topological polar surface area (TPSA) is 45.2 Å². The van der Waals surface area contributed by atoms with Crippen molar-refractivity contribution in [3.63, 3.8) is 0 Å². The molecule has 0 radical (unpaired) electrons. The number of carbonyl (C=O) groups is 1. The predicted octanol–water partition coefficient (Wildman–Crippen LogP) is 4.61. The summed E-state index contributed by atoms with van der Waals surface area (Å²) in [6, 6.07) is 20.6. The second-order valence-electron chi connectivity index (χ2n) is 7.24. The molecule has 0 fully saturated rings. The van der Waals surface area contributed by atoms with Crippen LogP contribution in [0.5, 0.6) is 0 Å². The van der Waals surface area contributed by atoms with Gasteiger partial charge in [0, 0.05) is 31.0 Å². The van der Waals surface area contributed by atoms with Gasteiger partial charge in [0.2, 0.25) is 0 Å². The first kappa shape index (κ1) is 20.5. The van der Waals surface area contributed by atoms with Crippen molar-refractivity contribution < 1.29 is 9.18 Å². The number of carbonyl (C=O) groups excluding carboxylic acids is 1. The predicted molar refractivity (Wildman–Crippen MR) is 114 cm³/mol. The van der Waals surface area contributed by atoms with E-state index in [9.17, 15) is 9.18 Å². The van der Waals surface area contributed by atoms with Gasteiger partial charge in [-0.15, -0.1) is 0 Å². The third kappa shape index (κ3) is 5.88. The average Bonchev–Trinajstić information content (AvgIpc) is 2.74. The van der Waals surface area contributed by atoms with Crippen molar-refractivity contribution in [3.05, 3.63) is 95.6 Å². The van der Waals surface area contributed by atoms with E-state index in [0.29, 0.717) is 18.7 Å². The number of nitrogens with zero attached hydrogens (tertiary/aromatic N) is 2. The smallest absolute Gasteiger partial charge is 0.269 e. The Bertz CT molecular complexity index is 926. The molecule has 0 aliphatic rings. The zero-order chi connectivity index (χ0) is 20.6. The number of aromatic nitrogens is 1. The maximum atomic E-state index is 13.0. The van der Waals surface area contributed by atoms with E-state index in [-0.39, 0.29) is 17.8 Å². The zero-order valence-corrected chi connectivity index (χ0v) is 16.8. The Balaban J connectivity index is 1.65. The average molecular weight is 391 g/mol. The van der Waals surface area contributed by atoms with Gasteiger partial charge in [-0.05, 0) is 55.7 Å². The first-order valence-electron chi connectivity index (χ1n) is 9.82. The molecule has 0 aliphatic carbocycles. The van der Waals surface area contributed by atoms with Crippen LogP contribution in [-0.4, -0.2) is 23.5 Å². The van der Waals surface area contributed by atoms with Gasteiger partial charge in [0.05, 0.1) is 0 Å². The number of halogens is 1. The van der Waals surface area contributed by atoms with Crippen LogP contribution in [0.3, 0.4) is 0 Å². The Hall–Kier alpha value is -3.21. The fourth-order valence-corrected chi connectivity index (χ4v) is 3.14. The highest BCUT2D eigenvalue weighted by Crippen LogP contribution is 2.20. The number of pyridine rings is 1. The molecule has 0 spiro atoms. The van der Waals surface area contributed by atoms with Crippen LogP contribution in [-0.2, 0) is 13.0 Å². The van der Waals surface area contributed by atoms with Gasteiger partial charge in [-0.2, -0.15) is 0 Å². The van der Waals surface area contributed by atoms with Gasteiger partial charge < -0.3 is 10.2 Å². The number of anilines is 1. The molecule has 0 aliphatic heterocycles. The van der Waals surface area contributed by atoms with Crippen LogP contribution in [0, 0.1) is 5.82 Å². The number of nitrogens with one attached hydrogen (secondary N) is 1. The summed E-state index contributed by atoms with van der Waals surface area (Å²) < 4.78 is 13.0. The number of amides is 1. The molecule has 29 heavy (non-hydrogen) atoms. The SMILES string of the molecule is CC(C)N(Cc1ccccc1)c1ccnc(C(=O)NCCc2ccc(F)cc2)c1. The second kappa shape index (κ2) is 9.82. The standard InChI is InChI=1S/C24H26FN3O/c1-18(2)28(17-20-6-4-3-5-7-20)22-13-15-26-23(16-22)24(29)27-14-12-19-8-10-21(25)11-9-19/h3-11,13,15-16,18H,12,14,17H2,1-2H3,(H,27,29). The monoisotopic (exact) mass is 391 g/mol. The second-order valence-corrected chi connectivity index (χ2v) is 7.24. The van der Waals surface area contributed by atoms with Crippen LogP contribution in [0.15, 0.2) is 72.9 Å². The van der Waals surface area contributed by atoms with Gasteiger partial charge in [-0.3, -0.25) is 9.78 Å². The largest absolute Gasteiger partial charge is 0.365 e. The molecule has 5 heteroatoms. The summed E-state index contributed by atoms with van der Waals surface area (Å²) in [5.41, 5.74) is 3.54. The summed E-state index contributed by atoms with van der Waals surface area (Å²) in [7, 11) is 0. The van der Waals surface area contributed by atoms with Crippen molar-refractivity contribution in [1.29, 1.82) is 0 Å². The Labute approximate surface area is 171 Å². The fourth-order valence-electron chi connectivity index (χ4n) is 3.14. The summed E-state index contributed by atoms with van der Waals surface area (Å²) >= 11 is 0. The molecule has 150 valence electrons. The quantitative estimate of drug-likeness (QED) is 0.610. The van der Waals surface area contributed by atoms with Gasteiger partial charge in [0.1, 0.15) is 11.5 Å². The molecular formula is C24H26FN3O. The third-order valence-electron chi connectivity index (χ3n) is 4.74. The minimum atomic E-state index is -0.260. The van der Waals surface area contributed by atoms with Crippen molar-refractivity contribution in [3.8, 4) is 0 Å². The molecule has 2 aromatic carbocycles. The lowest BCUT2D eigenvalue weighted by Gasteiger charge is -2.29. The van der Waals surface area contributed by atoms with Gasteiger partial charge >= 0.3 is 0 Å². The summed E-state index contributed by atoms with van der Waals surface area (Å²) in [6.07, 6.45) is 2.31. The van der Waals surface area contributed by atoms with Gasteiger partial charge in [0.25, 0.3) is 5.91 Å². The summed E-state index contributed by atoms with van der Waals surface area (Å²) in [4.78, 5) is 19.0. The number of benzene rings is 2. The van der Waals surface area contributed by atoms with Crippen molar-refractivity contribution in [2.75, 3.05) is 11.4 Å². The molecule has 0 saturated carbocycles. The number of rotatable bonds is 8. The van der Waals surface area contributed by atoms with E-state index in [4.69, 9.17) is 0 Å². The minimum absolute atomic E-state index is 0.211. The lowest BCUT2D eigenvalue weighted by molar-refractivity contribution is 0.0949. The first-order chi connectivity index (χ1) is 14.0. The fraction of sp³-hybridized carbons (Fsp3) is 0.250. The van der Waals surface area contributed by atoms with Crippen LogP contribution in [0.1, 0.15) is 35.5 Å². The Morgan fingerprint density at radius 2 is 1.76 bits per heavy atom. The molecule has 0 atom stereocenters. The van der Waals surface area contributed by atoms with Crippen molar-refractivity contribution in [2.24, 2.45) is 0 Å². The Morgan fingerprint density at radius 3 is 2.45 bits per heavy atom.